The first-order valence-electron chi connectivity index (χ1n) is 7.79. The SMILES string of the molecule is Cc1cnn(C[C@H](C)NCc2cnc(-c3ccccc3)nc2)c1. The highest BCUT2D eigenvalue weighted by atomic mass is 15.3. The molecule has 0 bridgehead atoms. The van der Waals surface area contributed by atoms with E-state index in [1.165, 1.54) is 5.56 Å². The van der Waals surface area contributed by atoms with Crippen LogP contribution >= 0.6 is 0 Å². The Morgan fingerprint density at radius 2 is 1.83 bits per heavy atom. The average Bonchev–Trinajstić information content (AvgIpc) is 2.99. The van der Waals surface area contributed by atoms with Gasteiger partial charge < -0.3 is 5.32 Å². The lowest BCUT2D eigenvalue weighted by Crippen LogP contribution is -2.30. The van der Waals surface area contributed by atoms with Crippen LogP contribution in [0.2, 0.25) is 0 Å². The summed E-state index contributed by atoms with van der Waals surface area (Å²) in [6.45, 7) is 5.79. The molecular weight excluding hydrogens is 286 g/mol. The second-order valence-corrected chi connectivity index (χ2v) is 5.80. The maximum absolute atomic E-state index is 4.45. The second kappa shape index (κ2) is 7.15. The van der Waals surface area contributed by atoms with Gasteiger partial charge in [0.05, 0.1) is 12.7 Å². The molecule has 0 spiro atoms. The highest BCUT2D eigenvalue weighted by molar-refractivity contribution is 5.53. The van der Waals surface area contributed by atoms with Crippen LogP contribution in [0.5, 0.6) is 0 Å². The van der Waals surface area contributed by atoms with Gasteiger partial charge in [-0.2, -0.15) is 5.10 Å². The smallest absolute Gasteiger partial charge is 0.159 e. The van der Waals surface area contributed by atoms with Gasteiger partial charge in [-0.25, -0.2) is 9.97 Å². The van der Waals surface area contributed by atoms with E-state index in [1.54, 1.807) is 0 Å². The minimum atomic E-state index is 0.322. The Labute approximate surface area is 136 Å². The van der Waals surface area contributed by atoms with Gasteiger partial charge in [0.1, 0.15) is 0 Å². The van der Waals surface area contributed by atoms with Gasteiger partial charge in [-0.3, -0.25) is 4.68 Å². The summed E-state index contributed by atoms with van der Waals surface area (Å²) in [6, 6.07) is 10.3. The Morgan fingerprint density at radius 1 is 1.09 bits per heavy atom. The minimum absolute atomic E-state index is 0.322. The maximum Gasteiger partial charge on any atom is 0.159 e. The molecule has 3 rings (SSSR count). The molecule has 0 aliphatic heterocycles. The zero-order valence-corrected chi connectivity index (χ0v) is 13.5. The van der Waals surface area contributed by atoms with Crippen LogP contribution in [0.3, 0.4) is 0 Å². The van der Waals surface area contributed by atoms with Crippen molar-refractivity contribution in [2.24, 2.45) is 0 Å². The van der Waals surface area contributed by atoms with Gasteiger partial charge in [0.2, 0.25) is 0 Å². The fraction of sp³-hybridized carbons (Fsp3) is 0.278. The van der Waals surface area contributed by atoms with Crippen molar-refractivity contribution in [3.05, 3.63) is 66.2 Å². The Kier molecular flexibility index (Phi) is 4.78. The Morgan fingerprint density at radius 3 is 2.48 bits per heavy atom. The van der Waals surface area contributed by atoms with Crippen LogP contribution in [-0.2, 0) is 13.1 Å². The predicted octanol–water partition coefficient (Wildman–Crippen LogP) is 2.83. The molecule has 3 aromatic rings. The van der Waals surface area contributed by atoms with E-state index in [4.69, 9.17) is 0 Å². The molecule has 0 aliphatic carbocycles. The Bertz CT molecular complexity index is 734. The van der Waals surface area contributed by atoms with Gasteiger partial charge in [0.25, 0.3) is 0 Å². The number of nitrogens with zero attached hydrogens (tertiary/aromatic N) is 4. The zero-order chi connectivity index (χ0) is 16.1. The van der Waals surface area contributed by atoms with Crippen LogP contribution in [0, 0.1) is 6.92 Å². The van der Waals surface area contributed by atoms with Crippen molar-refractivity contribution in [1.82, 2.24) is 25.1 Å². The van der Waals surface area contributed by atoms with Crippen molar-refractivity contribution in [1.29, 1.82) is 0 Å². The number of hydrogen-bond donors (Lipinski definition) is 1. The quantitative estimate of drug-likeness (QED) is 0.761. The minimum Gasteiger partial charge on any atom is -0.308 e. The van der Waals surface area contributed by atoms with Crippen molar-refractivity contribution in [2.45, 2.75) is 33.0 Å². The van der Waals surface area contributed by atoms with E-state index in [2.05, 4.69) is 33.5 Å². The van der Waals surface area contributed by atoms with Gasteiger partial charge in [-0.05, 0) is 19.4 Å². The van der Waals surface area contributed by atoms with E-state index in [0.29, 0.717) is 6.04 Å². The number of aryl methyl sites for hydroxylation is 1. The fourth-order valence-electron chi connectivity index (χ4n) is 2.39. The summed E-state index contributed by atoms with van der Waals surface area (Å²) in [7, 11) is 0. The van der Waals surface area contributed by atoms with E-state index in [0.717, 1.165) is 30.0 Å². The lowest BCUT2D eigenvalue weighted by atomic mass is 10.2. The normalized spacial score (nSPS) is 12.3. The van der Waals surface area contributed by atoms with E-state index in [-0.39, 0.29) is 0 Å². The molecular formula is C18H21N5. The van der Waals surface area contributed by atoms with Crippen LogP contribution in [-0.4, -0.2) is 25.8 Å². The molecule has 0 unspecified atom stereocenters. The first-order chi connectivity index (χ1) is 11.2. The average molecular weight is 307 g/mol. The monoisotopic (exact) mass is 307 g/mol. The first kappa shape index (κ1) is 15.4. The summed E-state index contributed by atoms with van der Waals surface area (Å²) in [5.74, 6) is 0.759. The van der Waals surface area contributed by atoms with E-state index >= 15 is 0 Å². The third-order valence-electron chi connectivity index (χ3n) is 3.62. The van der Waals surface area contributed by atoms with Crippen molar-refractivity contribution in [3.8, 4) is 11.4 Å². The summed E-state index contributed by atoms with van der Waals surface area (Å²) >= 11 is 0. The molecule has 0 amide bonds. The van der Waals surface area contributed by atoms with Crippen LogP contribution in [0.4, 0.5) is 0 Å². The molecule has 2 aromatic heterocycles. The lowest BCUT2D eigenvalue weighted by Gasteiger charge is -2.13. The van der Waals surface area contributed by atoms with Crippen LogP contribution in [0.25, 0.3) is 11.4 Å². The molecule has 23 heavy (non-hydrogen) atoms. The fourth-order valence-corrected chi connectivity index (χ4v) is 2.39. The van der Waals surface area contributed by atoms with Gasteiger partial charge in [-0.15, -0.1) is 0 Å². The molecule has 1 aromatic carbocycles. The Balaban J connectivity index is 1.54. The van der Waals surface area contributed by atoms with Gasteiger partial charge in [0.15, 0.2) is 5.82 Å². The molecule has 5 heteroatoms. The van der Waals surface area contributed by atoms with Crippen molar-refractivity contribution in [2.75, 3.05) is 0 Å². The lowest BCUT2D eigenvalue weighted by molar-refractivity contribution is 0.450. The summed E-state index contributed by atoms with van der Waals surface area (Å²) in [5, 5.41) is 7.78. The summed E-state index contributed by atoms with van der Waals surface area (Å²) in [4.78, 5) is 8.89. The zero-order valence-electron chi connectivity index (χ0n) is 13.5. The van der Waals surface area contributed by atoms with Gasteiger partial charge in [-0.1, -0.05) is 30.3 Å². The molecule has 0 saturated carbocycles. The largest absolute Gasteiger partial charge is 0.308 e. The highest BCUT2D eigenvalue weighted by Gasteiger charge is 2.05. The Hall–Kier alpha value is -2.53. The van der Waals surface area contributed by atoms with Crippen molar-refractivity contribution < 1.29 is 0 Å². The molecule has 0 saturated heterocycles. The molecule has 1 N–H and O–H groups in total. The second-order valence-electron chi connectivity index (χ2n) is 5.80. The van der Waals surface area contributed by atoms with Crippen LogP contribution in [0.1, 0.15) is 18.1 Å². The van der Waals surface area contributed by atoms with Crippen LogP contribution in [0.15, 0.2) is 55.1 Å². The van der Waals surface area contributed by atoms with E-state index < -0.39 is 0 Å². The number of rotatable bonds is 6. The summed E-state index contributed by atoms with van der Waals surface area (Å²) in [6.07, 6.45) is 7.69. The number of nitrogens with one attached hydrogen (secondary N) is 1. The van der Waals surface area contributed by atoms with Gasteiger partial charge in [0, 0.05) is 42.3 Å². The molecule has 5 nitrogen and oxygen atoms in total. The first-order valence-corrected chi connectivity index (χ1v) is 7.79. The third-order valence-corrected chi connectivity index (χ3v) is 3.62. The standard InChI is InChI=1S/C18H21N5/c1-14-8-22-23(12-14)13-15(2)19-9-16-10-20-18(21-11-16)17-6-4-3-5-7-17/h3-8,10-12,15,19H,9,13H2,1-2H3/t15-/m0/s1. The number of aromatic nitrogens is 4. The topological polar surface area (TPSA) is 55.6 Å². The van der Waals surface area contributed by atoms with Crippen molar-refractivity contribution in [3.63, 3.8) is 0 Å². The summed E-state index contributed by atoms with van der Waals surface area (Å²) < 4.78 is 1.96. The van der Waals surface area contributed by atoms with Gasteiger partial charge >= 0.3 is 0 Å². The van der Waals surface area contributed by atoms with Crippen molar-refractivity contribution >= 4 is 0 Å². The maximum atomic E-state index is 4.45. The molecule has 1 atom stereocenters. The van der Waals surface area contributed by atoms with E-state index in [9.17, 15) is 0 Å². The number of benzene rings is 1. The molecule has 0 aliphatic rings. The van der Waals surface area contributed by atoms with E-state index in [1.807, 2.05) is 60.5 Å². The number of hydrogen-bond acceptors (Lipinski definition) is 4. The molecule has 0 fully saturated rings. The summed E-state index contributed by atoms with van der Waals surface area (Å²) in [5.41, 5.74) is 3.30. The van der Waals surface area contributed by atoms with Crippen LogP contribution < -0.4 is 5.32 Å². The molecule has 0 radical (unpaired) electrons. The third kappa shape index (κ3) is 4.23. The predicted molar refractivity (Wildman–Crippen MR) is 90.7 cm³/mol. The molecule has 2 heterocycles. The molecule has 118 valence electrons. The highest BCUT2D eigenvalue weighted by Crippen LogP contribution is 2.13.